The molecule has 5 aliphatic carbocycles. The molecule has 0 spiro atoms. The van der Waals surface area contributed by atoms with Crippen molar-refractivity contribution >= 4 is 23.6 Å². The Kier molecular flexibility index (Phi) is 7.20. The van der Waals surface area contributed by atoms with Gasteiger partial charge in [0.25, 0.3) is 17.7 Å². The van der Waals surface area contributed by atoms with Gasteiger partial charge in [0.05, 0.1) is 0 Å². The van der Waals surface area contributed by atoms with E-state index in [1.54, 1.807) is 25.6 Å². The number of carbonyl (C=O) groups is 2. The van der Waals surface area contributed by atoms with Crippen molar-refractivity contribution in [2.24, 2.45) is 23.7 Å². The second-order valence-electron chi connectivity index (χ2n) is 12.6. The second-order valence-corrected chi connectivity index (χ2v) is 13.9. The quantitative estimate of drug-likeness (QED) is 0.544. The molecule has 8 nitrogen and oxygen atoms in total. The van der Waals surface area contributed by atoms with Gasteiger partial charge in [-0.05, 0) is 87.6 Å². The summed E-state index contributed by atoms with van der Waals surface area (Å²) in [5.74, 6) is 3.18. The number of carbonyl (C=O) groups excluding carboxylic acids is 2. The van der Waals surface area contributed by atoms with Crippen LogP contribution in [0.2, 0.25) is 0 Å². The van der Waals surface area contributed by atoms with E-state index in [2.05, 4.69) is 15.8 Å². The van der Waals surface area contributed by atoms with Crippen molar-refractivity contribution < 1.29 is 18.8 Å². The Hall–Kier alpha value is -1.74. The van der Waals surface area contributed by atoms with E-state index in [-0.39, 0.29) is 29.5 Å². The van der Waals surface area contributed by atoms with E-state index in [9.17, 15) is 9.59 Å². The molecule has 2 N–H and O–H groups in total. The van der Waals surface area contributed by atoms with E-state index >= 15 is 0 Å². The number of amides is 2. The first kappa shape index (κ1) is 25.5. The fourth-order valence-corrected chi connectivity index (χ4v) is 9.16. The van der Waals surface area contributed by atoms with E-state index in [1.165, 1.54) is 51.4 Å². The molecule has 5 saturated carbocycles. The molecule has 0 aromatic carbocycles. The van der Waals surface area contributed by atoms with Gasteiger partial charge in [-0.2, -0.15) is 0 Å². The highest BCUT2D eigenvalue weighted by atomic mass is 32.2. The third-order valence-electron chi connectivity index (χ3n) is 9.46. The van der Waals surface area contributed by atoms with Gasteiger partial charge < -0.3 is 24.8 Å². The first-order valence-corrected chi connectivity index (χ1v) is 15.4. The maximum Gasteiger partial charge on any atom is 0.291 e. The largest absolute Gasteiger partial charge is 0.459 e. The molecule has 204 valence electrons. The van der Waals surface area contributed by atoms with Crippen LogP contribution in [0.4, 0.5) is 0 Å². The van der Waals surface area contributed by atoms with Crippen molar-refractivity contribution in [2.45, 2.75) is 99.8 Å². The molecule has 0 unspecified atom stereocenters. The van der Waals surface area contributed by atoms with Crippen LogP contribution in [-0.4, -0.2) is 64.9 Å². The molecular weight excluding hydrogens is 488 g/mol. The van der Waals surface area contributed by atoms with Crippen LogP contribution in [0.5, 0.6) is 5.88 Å². The molecule has 6 aliphatic rings. The number of hydrogen-bond donors (Lipinski definition) is 2. The van der Waals surface area contributed by atoms with E-state index in [0.717, 1.165) is 37.8 Å². The van der Waals surface area contributed by atoms with Crippen molar-refractivity contribution in [3.05, 3.63) is 5.76 Å². The van der Waals surface area contributed by atoms with Gasteiger partial charge in [-0.25, -0.2) is 0 Å². The molecule has 2 heterocycles. The Balaban J connectivity index is 1.21. The maximum atomic E-state index is 13.7. The molecule has 37 heavy (non-hydrogen) atoms. The Morgan fingerprint density at radius 3 is 2.32 bits per heavy atom. The van der Waals surface area contributed by atoms with E-state index < -0.39 is 5.60 Å². The van der Waals surface area contributed by atoms with Crippen molar-refractivity contribution in [3.63, 3.8) is 0 Å². The average Bonchev–Trinajstić information content (AvgIpc) is 3.27. The lowest BCUT2D eigenvalue weighted by Crippen LogP contribution is -2.55. The second kappa shape index (κ2) is 10.4. The standard InChI is InChI=1S/C28H42N4O4S/c1-28(2,27(34)32-10-8-29-9-11-32)35-26-24(37-21-6-4-3-5-7-21)23(36-31-26)25(33)30-22-19-13-17-12-18(15-19)16-20(22)14-17/h17-22,29H,3-16H2,1-2H3,(H,30,33). The summed E-state index contributed by atoms with van der Waals surface area (Å²) in [7, 11) is 0. The zero-order valence-electron chi connectivity index (χ0n) is 22.3. The Labute approximate surface area is 224 Å². The zero-order valence-corrected chi connectivity index (χ0v) is 23.1. The highest BCUT2D eigenvalue weighted by molar-refractivity contribution is 8.00. The molecule has 6 fully saturated rings. The number of piperazine rings is 1. The van der Waals surface area contributed by atoms with Gasteiger partial charge in [-0.3, -0.25) is 9.59 Å². The predicted octanol–water partition coefficient (Wildman–Crippen LogP) is 4.24. The van der Waals surface area contributed by atoms with Gasteiger partial charge in [-0.15, -0.1) is 11.8 Å². The average molecular weight is 531 g/mol. The van der Waals surface area contributed by atoms with Crippen molar-refractivity contribution in [2.75, 3.05) is 26.2 Å². The predicted molar refractivity (Wildman–Crippen MR) is 142 cm³/mol. The van der Waals surface area contributed by atoms with Crippen LogP contribution in [0.1, 0.15) is 88.6 Å². The summed E-state index contributed by atoms with van der Waals surface area (Å²) >= 11 is 1.65. The minimum Gasteiger partial charge on any atom is -0.459 e. The first-order valence-electron chi connectivity index (χ1n) is 14.5. The normalized spacial score (nSPS) is 31.9. The fraction of sp³-hybridized carbons (Fsp3) is 0.821. The molecule has 1 aliphatic heterocycles. The molecule has 4 bridgehead atoms. The van der Waals surface area contributed by atoms with Crippen LogP contribution in [-0.2, 0) is 4.79 Å². The van der Waals surface area contributed by atoms with Crippen LogP contribution in [0, 0.1) is 23.7 Å². The minimum atomic E-state index is -1.11. The number of thioether (sulfide) groups is 1. The number of aromatic nitrogens is 1. The topological polar surface area (TPSA) is 96.7 Å². The van der Waals surface area contributed by atoms with Gasteiger partial charge in [0.2, 0.25) is 5.76 Å². The van der Waals surface area contributed by atoms with Crippen molar-refractivity contribution in [1.29, 1.82) is 0 Å². The van der Waals surface area contributed by atoms with Gasteiger partial charge in [0, 0.05) is 37.5 Å². The first-order chi connectivity index (χ1) is 17.9. The molecule has 7 rings (SSSR count). The minimum absolute atomic E-state index is 0.0646. The third kappa shape index (κ3) is 5.27. The summed E-state index contributed by atoms with van der Waals surface area (Å²) < 4.78 is 12.0. The smallest absolute Gasteiger partial charge is 0.291 e. The van der Waals surface area contributed by atoms with Crippen LogP contribution >= 0.6 is 11.8 Å². The van der Waals surface area contributed by atoms with E-state index in [1.807, 2.05) is 4.90 Å². The van der Waals surface area contributed by atoms with Crippen molar-refractivity contribution in [1.82, 2.24) is 20.7 Å². The van der Waals surface area contributed by atoms with Crippen molar-refractivity contribution in [3.8, 4) is 5.88 Å². The summed E-state index contributed by atoms with van der Waals surface area (Å²) in [5, 5.41) is 11.3. The highest BCUT2D eigenvalue weighted by Gasteiger charge is 2.49. The number of nitrogens with zero attached hydrogens (tertiary/aromatic N) is 2. The summed E-state index contributed by atoms with van der Waals surface area (Å²) in [4.78, 5) is 29.5. The molecule has 0 radical (unpaired) electrons. The SMILES string of the molecule is CC(C)(Oc1noc(C(=O)NC2C3CC4CC(C3)CC2C4)c1SC1CCCCC1)C(=O)N1CCNCC1. The summed E-state index contributed by atoms with van der Waals surface area (Å²) in [6.45, 7) is 6.46. The Morgan fingerprint density at radius 1 is 1.03 bits per heavy atom. The lowest BCUT2D eigenvalue weighted by atomic mass is 9.54. The maximum absolute atomic E-state index is 13.7. The number of ether oxygens (including phenoxy) is 1. The van der Waals surface area contributed by atoms with Crippen LogP contribution in [0.15, 0.2) is 9.42 Å². The highest BCUT2D eigenvalue weighted by Crippen LogP contribution is 2.54. The number of rotatable bonds is 7. The Bertz CT molecular complexity index is 970. The molecule has 1 aromatic heterocycles. The van der Waals surface area contributed by atoms with Gasteiger partial charge in [0.15, 0.2) is 5.60 Å². The third-order valence-corrected chi connectivity index (χ3v) is 10.9. The van der Waals surface area contributed by atoms with Gasteiger partial charge >= 0.3 is 0 Å². The van der Waals surface area contributed by atoms with Crippen LogP contribution < -0.4 is 15.4 Å². The number of hydrogen-bond acceptors (Lipinski definition) is 7. The lowest BCUT2D eigenvalue weighted by molar-refractivity contribution is -0.146. The molecule has 0 atom stereocenters. The zero-order chi connectivity index (χ0) is 25.6. The van der Waals surface area contributed by atoms with Crippen LogP contribution in [0.25, 0.3) is 0 Å². The molecule has 1 saturated heterocycles. The monoisotopic (exact) mass is 530 g/mol. The van der Waals surface area contributed by atoms with Gasteiger partial charge in [0.1, 0.15) is 4.90 Å². The summed E-state index contributed by atoms with van der Waals surface area (Å²) in [5.41, 5.74) is -1.11. The summed E-state index contributed by atoms with van der Waals surface area (Å²) in [6.07, 6.45) is 12.2. The lowest BCUT2D eigenvalue weighted by Gasteiger charge is -2.54. The van der Waals surface area contributed by atoms with Gasteiger partial charge in [-0.1, -0.05) is 19.3 Å². The molecule has 9 heteroatoms. The van der Waals surface area contributed by atoms with E-state index in [0.29, 0.717) is 35.1 Å². The molecule has 2 amide bonds. The number of nitrogens with one attached hydrogen (secondary N) is 2. The Morgan fingerprint density at radius 2 is 1.68 bits per heavy atom. The molecular formula is C28H42N4O4S. The fourth-order valence-electron chi connectivity index (χ4n) is 7.84. The van der Waals surface area contributed by atoms with E-state index in [4.69, 9.17) is 9.26 Å². The van der Waals surface area contributed by atoms with Crippen LogP contribution in [0.3, 0.4) is 0 Å². The summed E-state index contributed by atoms with van der Waals surface area (Å²) in [6, 6.07) is 0.230. The molecule has 1 aromatic rings.